The predicted octanol–water partition coefficient (Wildman–Crippen LogP) is 2.22. The highest BCUT2D eigenvalue weighted by Gasteiger charge is 2.11. The zero-order valence-electron chi connectivity index (χ0n) is 9.28. The molecule has 1 saturated heterocycles. The van der Waals surface area contributed by atoms with Gasteiger partial charge in [-0.1, -0.05) is 0 Å². The molecule has 1 aliphatic heterocycles. The average molecular weight is 206 g/mol. The highest BCUT2D eigenvalue weighted by molar-refractivity contribution is 5.41. The maximum absolute atomic E-state index is 5.12. The summed E-state index contributed by atoms with van der Waals surface area (Å²) in [5, 5.41) is 0. The highest BCUT2D eigenvalue weighted by Crippen LogP contribution is 2.18. The van der Waals surface area contributed by atoms with E-state index in [4.69, 9.17) is 4.74 Å². The van der Waals surface area contributed by atoms with Gasteiger partial charge in [0.05, 0.1) is 6.61 Å². The molecule has 1 aromatic rings. The van der Waals surface area contributed by atoms with E-state index in [1.807, 2.05) is 12.3 Å². The van der Waals surface area contributed by atoms with Crippen LogP contribution in [0.4, 0.5) is 5.82 Å². The number of anilines is 1. The van der Waals surface area contributed by atoms with Crippen LogP contribution in [0.2, 0.25) is 0 Å². The molecule has 0 saturated carbocycles. The van der Waals surface area contributed by atoms with E-state index < -0.39 is 0 Å². The molecule has 0 spiro atoms. The molecule has 0 bridgehead atoms. The predicted molar refractivity (Wildman–Crippen MR) is 61.0 cm³/mol. The van der Waals surface area contributed by atoms with Gasteiger partial charge in [-0.2, -0.15) is 0 Å². The second-order valence-corrected chi connectivity index (χ2v) is 4.00. The Balaban J connectivity index is 2.09. The Labute approximate surface area is 91.1 Å². The molecule has 0 aliphatic carbocycles. The van der Waals surface area contributed by atoms with Gasteiger partial charge in [-0.15, -0.1) is 0 Å². The van der Waals surface area contributed by atoms with Crippen LogP contribution in [0.25, 0.3) is 0 Å². The van der Waals surface area contributed by atoms with Gasteiger partial charge >= 0.3 is 0 Å². The normalized spacial score (nSPS) is 16.7. The molecule has 3 heteroatoms. The Hall–Kier alpha value is -1.09. The Morgan fingerprint density at radius 2 is 2.13 bits per heavy atom. The van der Waals surface area contributed by atoms with Crippen molar-refractivity contribution < 1.29 is 4.74 Å². The first-order valence-electron chi connectivity index (χ1n) is 5.59. The van der Waals surface area contributed by atoms with Crippen LogP contribution < -0.4 is 4.90 Å². The highest BCUT2D eigenvalue weighted by atomic mass is 16.5. The topological polar surface area (TPSA) is 25.4 Å². The summed E-state index contributed by atoms with van der Waals surface area (Å²) in [6.45, 7) is 2.95. The number of aromatic nitrogens is 1. The van der Waals surface area contributed by atoms with Gasteiger partial charge in [0.15, 0.2) is 0 Å². The number of rotatable bonds is 3. The van der Waals surface area contributed by atoms with Crippen LogP contribution in [0.5, 0.6) is 0 Å². The molecule has 3 nitrogen and oxygen atoms in total. The van der Waals surface area contributed by atoms with E-state index in [1.54, 1.807) is 7.11 Å². The fourth-order valence-electron chi connectivity index (χ4n) is 2.01. The molecule has 0 N–H and O–H groups in total. The zero-order chi connectivity index (χ0) is 10.5. The standard InChI is InChI=1S/C12H18N2O/c1-15-10-11-5-6-13-12(9-11)14-7-3-2-4-8-14/h5-6,9H,2-4,7-8,10H2,1H3. The van der Waals surface area contributed by atoms with Crippen molar-refractivity contribution in [2.24, 2.45) is 0 Å². The summed E-state index contributed by atoms with van der Waals surface area (Å²) in [5.74, 6) is 1.10. The molecule has 15 heavy (non-hydrogen) atoms. The van der Waals surface area contributed by atoms with Crippen LogP contribution in [0.15, 0.2) is 18.3 Å². The molecule has 0 radical (unpaired) electrons. The molecule has 1 aliphatic rings. The first kappa shape index (κ1) is 10.4. The van der Waals surface area contributed by atoms with Gasteiger partial charge in [0, 0.05) is 26.4 Å². The number of pyridine rings is 1. The van der Waals surface area contributed by atoms with Crippen LogP contribution in [0.3, 0.4) is 0 Å². The summed E-state index contributed by atoms with van der Waals surface area (Å²) >= 11 is 0. The molecule has 0 unspecified atom stereocenters. The molecule has 1 aromatic heterocycles. The lowest BCUT2D eigenvalue weighted by Crippen LogP contribution is -2.30. The average Bonchev–Trinajstić information content (AvgIpc) is 2.31. The molecule has 0 atom stereocenters. The molecule has 1 fully saturated rings. The lowest BCUT2D eigenvalue weighted by molar-refractivity contribution is 0.185. The molecule has 0 amide bonds. The molecule has 82 valence electrons. The fraction of sp³-hybridized carbons (Fsp3) is 0.583. The Bertz CT molecular complexity index is 308. The number of piperidine rings is 1. The number of methoxy groups -OCH3 is 1. The minimum absolute atomic E-state index is 0.670. The van der Waals surface area contributed by atoms with Crippen molar-refractivity contribution >= 4 is 5.82 Å². The summed E-state index contributed by atoms with van der Waals surface area (Å²) in [4.78, 5) is 6.78. The quantitative estimate of drug-likeness (QED) is 0.758. The third-order valence-corrected chi connectivity index (χ3v) is 2.80. The summed E-state index contributed by atoms with van der Waals surface area (Å²) < 4.78 is 5.12. The van der Waals surface area contributed by atoms with Crippen LogP contribution in [0.1, 0.15) is 24.8 Å². The van der Waals surface area contributed by atoms with Gasteiger partial charge in [0.2, 0.25) is 0 Å². The van der Waals surface area contributed by atoms with E-state index in [2.05, 4.69) is 16.0 Å². The first-order chi connectivity index (χ1) is 7.40. The van der Waals surface area contributed by atoms with Crippen LogP contribution in [0, 0.1) is 0 Å². The minimum atomic E-state index is 0.670. The van der Waals surface area contributed by atoms with E-state index in [1.165, 1.54) is 24.8 Å². The van der Waals surface area contributed by atoms with Crippen LogP contribution in [-0.2, 0) is 11.3 Å². The second-order valence-electron chi connectivity index (χ2n) is 4.00. The van der Waals surface area contributed by atoms with E-state index in [-0.39, 0.29) is 0 Å². The lowest BCUT2D eigenvalue weighted by Gasteiger charge is -2.27. The fourth-order valence-corrected chi connectivity index (χ4v) is 2.01. The van der Waals surface area contributed by atoms with Crippen LogP contribution in [-0.4, -0.2) is 25.2 Å². The second kappa shape index (κ2) is 5.12. The van der Waals surface area contributed by atoms with Crippen molar-refractivity contribution in [3.05, 3.63) is 23.9 Å². The van der Waals surface area contributed by atoms with E-state index in [9.17, 15) is 0 Å². The van der Waals surface area contributed by atoms with Gasteiger partial charge in [-0.3, -0.25) is 0 Å². The summed E-state index contributed by atoms with van der Waals surface area (Å²) in [6, 6.07) is 4.14. The monoisotopic (exact) mass is 206 g/mol. The SMILES string of the molecule is COCc1ccnc(N2CCCCC2)c1. The maximum atomic E-state index is 5.12. The number of hydrogen-bond donors (Lipinski definition) is 0. The number of ether oxygens (including phenoxy) is 1. The Morgan fingerprint density at radius 1 is 1.33 bits per heavy atom. The molecule has 0 aromatic carbocycles. The summed E-state index contributed by atoms with van der Waals surface area (Å²) in [5.41, 5.74) is 1.20. The van der Waals surface area contributed by atoms with Gasteiger partial charge in [0.25, 0.3) is 0 Å². The Kier molecular flexibility index (Phi) is 3.56. The summed E-state index contributed by atoms with van der Waals surface area (Å²) in [7, 11) is 1.72. The van der Waals surface area contributed by atoms with Crippen molar-refractivity contribution in [2.75, 3.05) is 25.1 Å². The number of nitrogens with zero attached hydrogens (tertiary/aromatic N) is 2. The van der Waals surface area contributed by atoms with Gasteiger partial charge in [-0.25, -0.2) is 4.98 Å². The van der Waals surface area contributed by atoms with Gasteiger partial charge in [-0.05, 0) is 37.0 Å². The molecular weight excluding hydrogens is 188 g/mol. The third-order valence-electron chi connectivity index (χ3n) is 2.80. The largest absolute Gasteiger partial charge is 0.380 e. The third kappa shape index (κ3) is 2.69. The molecular formula is C12H18N2O. The van der Waals surface area contributed by atoms with Crippen LogP contribution >= 0.6 is 0 Å². The van der Waals surface area contributed by atoms with Crippen molar-refractivity contribution in [3.63, 3.8) is 0 Å². The maximum Gasteiger partial charge on any atom is 0.128 e. The number of hydrogen-bond acceptors (Lipinski definition) is 3. The van der Waals surface area contributed by atoms with Gasteiger partial charge < -0.3 is 9.64 Å². The van der Waals surface area contributed by atoms with E-state index in [0.29, 0.717) is 6.61 Å². The van der Waals surface area contributed by atoms with Crippen molar-refractivity contribution in [2.45, 2.75) is 25.9 Å². The van der Waals surface area contributed by atoms with Crippen molar-refractivity contribution in [1.82, 2.24) is 4.98 Å². The van der Waals surface area contributed by atoms with Crippen molar-refractivity contribution in [3.8, 4) is 0 Å². The smallest absolute Gasteiger partial charge is 0.128 e. The lowest BCUT2D eigenvalue weighted by atomic mass is 10.1. The minimum Gasteiger partial charge on any atom is -0.380 e. The molecule has 2 rings (SSSR count). The van der Waals surface area contributed by atoms with Gasteiger partial charge in [0.1, 0.15) is 5.82 Å². The zero-order valence-corrected chi connectivity index (χ0v) is 9.28. The first-order valence-corrected chi connectivity index (χ1v) is 5.59. The van der Waals surface area contributed by atoms with Crippen molar-refractivity contribution in [1.29, 1.82) is 0 Å². The Morgan fingerprint density at radius 3 is 2.87 bits per heavy atom. The molecule has 2 heterocycles. The summed E-state index contributed by atoms with van der Waals surface area (Å²) in [6.07, 6.45) is 5.80. The van der Waals surface area contributed by atoms with E-state index >= 15 is 0 Å². The van der Waals surface area contributed by atoms with E-state index in [0.717, 1.165) is 18.9 Å².